The zero-order valence-corrected chi connectivity index (χ0v) is 11.5. The molecule has 1 aromatic carbocycles. The Hall–Kier alpha value is -1.75. The van der Waals surface area contributed by atoms with Gasteiger partial charge >= 0.3 is 0 Å². The lowest BCUT2D eigenvalue weighted by atomic mass is 10.1. The monoisotopic (exact) mass is 279 g/mol. The molecule has 0 radical (unpaired) electrons. The summed E-state index contributed by atoms with van der Waals surface area (Å²) in [6.07, 6.45) is 2.72. The highest BCUT2D eigenvalue weighted by atomic mass is 32.2. The van der Waals surface area contributed by atoms with Gasteiger partial charge in [0.1, 0.15) is 5.82 Å². The van der Waals surface area contributed by atoms with Crippen molar-refractivity contribution in [1.82, 2.24) is 4.98 Å². The lowest BCUT2D eigenvalue weighted by Crippen LogP contribution is -2.01. The quantitative estimate of drug-likeness (QED) is 0.868. The van der Waals surface area contributed by atoms with Gasteiger partial charge in [0.05, 0.1) is 11.4 Å². The summed E-state index contributed by atoms with van der Waals surface area (Å²) in [7, 11) is -3.06. The Labute approximate surface area is 112 Å². The zero-order chi connectivity index (χ0) is 14.0. The maximum atomic E-state index is 13.2. The van der Waals surface area contributed by atoms with Crippen LogP contribution < -0.4 is 0 Å². The first kappa shape index (κ1) is 13.7. The molecule has 0 bridgehead atoms. The third-order valence-corrected chi connectivity index (χ3v) is 3.57. The lowest BCUT2D eigenvalue weighted by Gasteiger charge is -2.04. The third kappa shape index (κ3) is 3.61. The molecule has 0 aliphatic carbocycles. The molecule has 0 spiro atoms. The van der Waals surface area contributed by atoms with Gasteiger partial charge in [0.15, 0.2) is 9.84 Å². The molecule has 0 amide bonds. The minimum Gasteiger partial charge on any atom is -0.256 e. The number of aryl methyl sites for hydroxylation is 1. The smallest absolute Gasteiger partial charge is 0.151 e. The molecule has 19 heavy (non-hydrogen) atoms. The molecule has 3 nitrogen and oxygen atoms in total. The first-order valence-corrected chi connectivity index (χ1v) is 7.80. The van der Waals surface area contributed by atoms with Crippen molar-refractivity contribution in [2.75, 3.05) is 6.26 Å². The summed E-state index contributed by atoms with van der Waals surface area (Å²) in [4.78, 5) is 4.22. The van der Waals surface area contributed by atoms with Gasteiger partial charge in [-0.15, -0.1) is 0 Å². The number of hydrogen-bond donors (Lipinski definition) is 0. The Morgan fingerprint density at radius 3 is 2.47 bits per heavy atom. The van der Waals surface area contributed by atoms with Crippen molar-refractivity contribution in [3.05, 3.63) is 53.5 Å². The van der Waals surface area contributed by atoms with Crippen LogP contribution >= 0.6 is 0 Å². The van der Waals surface area contributed by atoms with Crippen LogP contribution in [0.25, 0.3) is 11.3 Å². The molecule has 0 saturated carbocycles. The van der Waals surface area contributed by atoms with Gasteiger partial charge in [-0.05, 0) is 42.3 Å². The molecule has 100 valence electrons. The second-order valence-electron chi connectivity index (χ2n) is 4.59. The van der Waals surface area contributed by atoms with Crippen LogP contribution in [0.3, 0.4) is 0 Å². The van der Waals surface area contributed by atoms with Crippen LogP contribution in [0.4, 0.5) is 4.39 Å². The Kier molecular flexibility index (Phi) is 3.66. The van der Waals surface area contributed by atoms with Gasteiger partial charge in [-0.3, -0.25) is 4.98 Å². The molecule has 0 atom stereocenters. The van der Waals surface area contributed by atoms with E-state index in [0.29, 0.717) is 16.8 Å². The number of pyridine rings is 1. The summed E-state index contributed by atoms with van der Waals surface area (Å²) in [5, 5.41) is 0. The van der Waals surface area contributed by atoms with Gasteiger partial charge in [0, 0.05) is 18.0 Å². The molecule has 1 heterocycles. The summed E-state index contributed by atoms with van der Waals surface area (Å²) in [5.74, 6) is -0.277. The van der Waals surface area contributed by atoms with E-state index in [1.54, 1.807) is 31.2 Å². The average Bonchev–Trinajstić information content (AvgIpc) is 2.32. The molecular weight excluding hydrogens is 265 g/mol. The van der Waals surface area contributed by atoms with Crippen LogP contribution in [-0.2, 0) is 15.6 Å². The van der Waals surface area contributed by atoms with E-state index in [1.165, 1.54) is 18.5 Å². The van der Waals surface area contributed by atoms with Crippen molar-refractivity contribution >= 4 is 9.84 Å². The first-order chi connectivity index (χ1) is 8.85. The molecule has 0 aliphatic rings. The van der Waals surface area contributed by atoms with Gasteiger partial charge < -0.3 is 0 Å². The van der Waals surface area contributed by atoms with Crippen molar-refractivity contribution in [3.63, 3.8) is 0 Å². The van der Waals surface area contributed by atoms with Crippen LogP contribution in [0.1, 0.15) is 11.1 Å². The van der Waals surface area contributed by atoms with E-state index in [1.807, 2.05) is 0 Å². The molecule has 5 heteroatoms. The Bertz CT molecular complexity index is 694. The fourth-order valence-electron chi connectivity index (χ4n) is 1.79. The zero-order valence-electron chi connectivity index (χ0n) is 10.7. The van der Waals surface area contributed by atoms with Gasteiger partial charge in [0.2, 0.25) is 0 Å². The standard InChI is InChI=1S/C14H14FNO2S/c1-10-7-12(4-5-13(10)15)14-6-3-11(8-16-14)9-19(2,17)18/h3-8H,9H2,1-2H3. The van der Waals surface area contributed by atoms with Gasteiger partial charge in [-0.2, -0.15) is 0 Å². The molecule has 0 N–H and O–H groups in total. The van der Waals surface area contributed by atoms with E-state index in [0.717, 1.165) is 5.56 Å². The van der Waals surface area contributed by atoms with Crippen LogP contribution in [0.2, 0.25) is 0 Å². The number of benzene rings is 1. The Morgan fingerprint density at radius 1 is 1.21 bits per heavy atom. The second kappa shape index (κ2) is 5.09. The number of nitrogens with zero attached hydrogens (tertiary/aromatic N) is 1. The average molecular weight is 279 g/mol. The molecule has 2 rings (SSSR count). The largest absolute Gasteiger partial charge is 0.256 e. The topological polar surface area (TPSA) is 47.0 Å². The number of rotatable bonds is 3. The predicted molar refractivity (Wildman–Crippen MR) is 72.9 cm³/mol. The maximum Gasteiger partial charge on any atom is 0.151 e. The first-order valence-electron chi connectivity index (χ1n) is 5.74. The highest BCUT2D eigenvalue weighted by Crippen LogP contribution is 2.20. The Balaban J connectivity index is 2.29. The minimum atomic E-state index is -3.06. The van der Waals surface area contributed by atoms with Crippen LogP contribution in [0, 0.1) is 12.7 Å². The minimum absolute atomic E-state index is 0.0251. The normalized spacial score (nSPS) is 11.5. The summed E-state index contributed by atoms with van der Waals surface area (Å²) in [5.41, 5.74) is 2.70. The highest BCUT2D eigenvalue weighted by molar-refractivity contribution is 7.89. The van der Waals surface area contributed by atoms with Crippen molar-refractivity contribution in [2.45, 2.75) is 12.7 Å². The van der Waals surface area contributed by atoms with E-state index in [9.17, 15) is 12.8 Å². The van der Waals surface area contributed by atoms with Gasteiger partial charge in [-0.1, -0.05) is 6.07 Å². The molecular formula is C14H14FNO2S. The maximum absolute atomic E-state index is 13.2. The van der Waals surface area contributed by atoms with Crippen LogP contribution in [0.15, 0.2) is 36.5 Å². The molecule has 0 aliphatic heterocycles. The fourth-order valence-corrected chi connectivity index (χ4v) is 2.56. The van der Waals surface area contributed by atoms with E-state index >= 15 is 0 Å². The summed E-state index contributed by atoms with van der Waals surface area (Å²) < 4.78 is 35.5. The van der Waals surface area contributed by atoms with E-state index in [4.69, 9.17) is 0 Å². The van der Waals surface area contributed by atoms with E-state index in [2.05, 4.69) is 4.98 Å². The highest BCUT2D eigenvalue weighted by Gasteiger charge is 2.06. The van der Waals surface area contributed by atoms with Crippen LogP contribution in [-0.4, -0.2) is 19.7 Å². The predicted octanol–water partition coefficient (Wildman–Crippen LogP) is 2.74. The Morgan fingerprint density at radius 2 is 1.95 bits per heavy atom. The number of aromatic nitrogens is 1. The molecule has 0 fully saturated rings. The summed E-state index contributed by atoms with van der Waals surface area (Å²) in [6, 6.07) is 8.24. The van der Waals surface area contributed by atoms with E-state index < -0.39 is 9.84 Å². The number of hydrogen-bond acceptors (Lipinski definition) is 3. The molecule has 0 unspecified atom stereocenters. The molecule has 2 aromatic rings. The summed E-state index contributed by atoms with van der Waals surface area (Å²) in [6.45, 7) is 1.69. The van der Waals surface area contributed by atoms with Gasteiger partial charge in [0.25, 0.3) is 0 Å². The number of halogens is 1. The lowest BCUT2D eigenvalue weighted by molar-refractivity contribution is 0.601. The SMILES string of the molecule is Cc1cc(-c2ccc(CS(C)(=O)=O)cn2)ccc1F. The molecule has 0 saturated heterocycles. The van der Waals surface area contributed by atoms with Crippen molar-refractivity contribution < 1.29 is 12.8 Å². The van der Waals surface area contributed by atoms with Crippen molar-refractivity contribution in [3.8, 4) is 11.3 Å². The summed E-state index contributed by atoms with van der Waals surface area (Å²) >= 11 is 0. The number of sulfone groups is 1. The molecule has 1 aromatic heterocycles. The van der Waals surface area contributed by atoms with Gasteiger partial charge in [-0.25, -0.2) is 12.8 Å². The third-order valence-electron chi connectivity index (χ3n) is 2.71. The second-order valence-corrected chi connectivity index (χ2v) is 6.73. The van der Waals surface area contributed by atoms with Crippen molar-refractivity contribution in [1.29, 1.82) is 0 Å². The van der Waals surface area contributed by atoms with Crippen LogP contribution in [0.5, 0.6) is 0 Å². The van der Waals surface area contributed by atoms with Crippen molar-refractivity contribution in [2.24, 2.45) is 0 Å². The fraction of sp³-hybridized carbons (Fsp3) is 0.214. The van der Waals surface area contributed by atoms with E-state index in [-0.39, 0.29) is 11.6 Å².